The number of Topliss-reactive ketones (excluding diaryl/α,β-unsaturated/α-hetero) is 1. The molecule has 0 atom stereocenters. The van der Waals surface area contributed by atoms with Crippen LogP contribution in [0.3, 0.4) is 0 Å². The summed E-state index contributed by atoms with van der Waals surface area (Å²) in [6.45, 7) is 3.34. The molecule has 0 fully saturated rings. The van der Waals surface area contributed by atoms with Crippen LogP contribution in [0.15, 0.2) is 22.0 Å². The maximum absolute atomic E-state index is 13.7. The Labute approximate surface area is 118 Å². The van der Waals surface area contributed by atoms with Gasteiger partial charge in [0.2, 0.25) is 5.43 Å². The van der Waals surface area contributed by atoms with Crippen LogP contribution in [0.4, 0.5) is 8.78 Å². The molecule has 106 valence electrons. The van der Waals surface area contributed by atoms with Crippen LogP contribution in [-0.4, -0.2) is 17.0 Å². The second-order valence-corrected chi connectivity index (χ2v) is 5.51. The monoisotopic (exact) mass is 297 g/mol. The highest BCUT2D eigenvalue weighted by atomic mass is 32.2. The highest BCUT2D eigenvalue weighted by Gasteiger charge is 2.22. The number of carbonyl (C=O) groups excluding carboxylic acids is 1. The van der Waals surface area contributed by atoms with Crippen molar-refractivity contribution in [2.45, 2.75) is 18.9 Å². The number of halogens is 2. The SMILES string of the molecule is CSc1[nH]c2c(F)cc(F)cc2c(=O)c1C(=O)C(C)C. The number of pyridine rings is 1. The quantitative estimate of drug-likeness (QED) is 0.698. The molecule has 0 bridgehead atoms. The van der Waals surface area contributed by atoms with Crippen molar-refractivity contribution in [3.63, 3.8) is 0 Å². The molecule has 0 aliphatic carbocycles. The average Bonchev–Trinajstić information content (AvgIpc) is 2.38. The van der Waals surface area contributed by atoms with Crippen molar-refractivity contribution in [1.29, 1.82) is 0 Å². The van der Waals surface area contributed by atoms with E-state index in [0.29, 0.717) is 11.1 Å². The summed E-state index contributed by atoms with van der Waals surface area (Å²) < 4.78 is 27.0. The number of hydrogen-bond donors (Lipinski definition) is 1. The Balaban J connectivity index is 2.92. The van der Waals surface area contributed by atoms with E-state index in [2.05, 4.69) is 4.98 Å². The number of H-pyrrole nitrogens is 1. The molecule has 0 saturated carbocycles. The van der Waals surface area contributed by atoms with Gasteiger partial charge in [0.15, 0.2) is 5.78 Å². The first-order chi connectivity index (χ1) is 9.36. The zero-order valence-corrected chi connectivity index (χ0v) is 12.0. The maximum Gasteiger partial charge on any atom is 0.201 e. The first kappa shape index (κ1) is 14.7. The third kappa shape index (κ3) is 2.35. The van der Waals surface area contributed by atoms with Gasteiger partial charge in [-0.1, -0.05) is 13.8 Å². The molecule has 2 rings (SSSR count). The second kappa shape index (κ2) is 5.36. The molecule has 1 aromatic heterocycles. The van der Waals surface area contributed by atoms with Gasteiger partial charge in [-0.15, -0.1) is 11.8 Å². The van der Waals surface area contributed by atoms with Crippen molar-refractivity contribution in [3.8, 4) is 0 Å². The van der Waals surface area contributed by atoms with Crippen LogP contribution in [0.5, 0.6) is 0 Å². The van der Waals surface area contributed by atoms with E-state index in [9.17, 15) is 18.4 Å². The largest absolute Gasteiger partial charge is 0.347 e. The maximum atomic E-state index is 13.7. The lowest BCUT2D eigenvalue weighted by Gasteiger charge is -2.11. The predicted octanol–water partition coefficient (Wildman–Crippen LogP) is 3.37. The number of benzene rings is 1. The Kier molecular flexibility index (Phi) is 3.94. The number of carbonyl (C=O) groups is 1. The molecule has 0 unspecified atom stereocenters. The molecule has 6 heteroatoms. The van der Waals surface area contributed by atoms with E-state index < -0.39 is 17.1 Å². The van der Waals surface area contributed by atoms with Gasteiger partial charge in [-0.2, -0.15) is 0 Å². The van der Waals surface area contributed by atoms with Crippen molar-refractivity contribution in [1.82, 2.24) is 4.98 Å². The Bertz CT molecular complexity index is 753. The van der Waals surface area contributed by atoms with E-state index in [4.69, 9.17) is 0 Å². The normalized spacial score (nSPS) is 11.3. The first-order valence-corrected chi connectivity index (χ1v) is 7.22. The number of nitrogens with one attached hydrogen (secondary N) is 1. The fourth-order valence-corrected chi connectivity index (χ4v) is 2.56. The van der Waals surface area contributed by atoms with E-state index >= 15 is 0 Å². The summed E-state index contributed by atoms with van der Waals surface area (Å²) in [5.41, 5.74) is -0.758. The minimum absolute atomic E-state index is 0.0370. The van der Waals surface area contributed by atoms with Gasteiger partial charge in [-0.25, -0.2) is 8.78 Å². The third-order valence-corrected chi connectivity index (χ3v) is 3.68. The lowest BCUT2D eigenvalue weighted by molar-refractivity contribution is 0.0935. The van der Waals surface area contributed by atoms with E-state index in [0.717, 1.165) is 17.8 Å². The summed E-state index contributed by atoms with van der Waals surface area (Å²) in [5, 5.41) is 0.149. The highest BCUT2D eigenvalue weighted by Crippen LogP contribution is 2.23. The summed E-state index contributed by atoms with van der Waals surface area (Å²) in [4.78, 5) is 27.2. The van der Waals surface area contributed by atoms with Gasteiger partial charge in [-0.3, -0.25) is 9.59 Å². The van der Waals surface area contributed by atoms with Crippen LogP contribution in [-0.2, 0) is 0 Å². The van der Waals surface area contributed by atoms with E-state index in [-0.39, 0.29) is 28.2 Å². The molecule has 0 aliphatic heterocycles. The van der Waals surface area contributed by atoms with Gasteiger partial charge in [0.05, 0.1) is 21.5 Å². The van der Waals surface area contributed by atoms with Crippen LogP contribution in [0.1, 0.15) is 24.2 Å². The average molecular weight is 297 g/mol. The van der Waals surface area contributed by atoms with E-state index in [1.165, 1.54) is 0 Å². The zero-order chi connectivity index (χ0) is 15.0. The molecular weight excluding hydrogens is 284 g/mol. The number of ketones is 1. The minimum Gasteiger partial charge on any atom is -0.347 e. The molecule has 0 radical (unpaired) electrons. The number of hydrogen-bond acceptors (Lipinski definition) is 3. The number of fused-ring (bicyclic) bond motifs is 1. The van der Waals surface area contributed by atoms with Crippen LogP contribution in [0.2, 0.25) is 0 Å². The van der Waals surface area contributed by atoms with Crippen molar-refractivity contribution in [2.24, 2.45) is 5.92 Å². The lowest BCUT2D eigenvalue weighted by atomic mass is 10.0. The van der Waals surface area contributed by atoms with Crippen molar-refractivity contribution in [3.05, 3.63) is 39.6 Å². The smallest absolute Gasteiger partial charge is 0.201 e. The van der Waals surface area contributed by atoms with Gasteiger partial charge in [0, 0.05) is 12.0 Å². The second-order valence-electron chi connectivity index (χ2n) is 4.69. The zero-order valence-electron chi connectivity index (χ0n) is 11.2. The Morgan fingerprint density at radius 3 is 2.50 bits per heavy atom. The molecule has 2 aromatic rings. The van der Waals surface area contributed by atoms with Crippen LogP contribution >= 0.6 is 11.8 Å². The number of rotatable bonds is 3. The molecule has 0 amide bonds. The standard InChI is InChI=1S/C14H13F2NO2S/c1-6(2)12(18)10-13(19)8-4-7(15)5-9(16)11(8)17-14(10)20-3/h4-6H,1-3H3,(H,17,19). The molecule has 0 spiro atoms. The van der Waals surface area contributed by atoms with Crippen LogP contribution < -0.4 is 5.43 Å². The third-order valence-electron chi connectivity index (χ3n) is 2.97. The van der Waals surface area contributed by atoms with Crippen molar-refractivity contribution < 1.29 is 13.6 Å². The summed E-state index contributed by atoms with van der Waals surface area (Å²) in [6, 6.07) is 1.64. The predicted molar refractivity (Wildman–Crippen MR) is 75.4 cm³/mol. The number of aromatic nitrogens is 1. The first-order valence-electron chi connectivity index (χ1n) is 6.00. The number of thioether (sulfide) groups is 1. The van der Waals surface area contributed by atoms with Crippen molar-refractivity contribution >= 4 is 28.4 Å². The molecule has 1 aromatic carbocycles. The highest BCUT2D eigenvalue weighted by molar-refractivity contribution is 7.98. The lowest BCUT2D eigenvalue weighted by Crippen LogP contribution is -2.22. The summed E-state index contributed by atoms with van der Waals surface area (Å²) in [7, 11) is 0. The number of aromatic amines is 1. The topological polar surface area (TPSA) is 49.9 Å². The Hall–Kier alpha value is -1.69. The van der Waals surface area contributed by atoms with Gasteiger partial charge >= 0.3 is 0 Å². The molecule has 0 saturated heterocycles. The summed E-state index contributed by atoms with van der Waals surface area (Å²) in [6.07, 6.45) is 1.68. The van der Waals surface area contributed by atoms with Gasteiger partial charge < -0.3 is 4.98 Å². The fourth-order valence-electron chi connectivity index (χ4n) is 1.96. The minimum atomic E-state index is -0.851. The molecule has 0 aliphatic rings. The molecular formula is C14H13F2NO2S. The van der Waals surface area contributed by atoms with Crippen molar-refractivity contribution in [2.75, 3.05) is 6.26 Å². The van der Waals surface area contributed by atoms with E-state index in [1.807, 2.05) is 0 Å². The van der Waals surface area contributed by atoms with Crippen LogP contribution in [0.25, 0.3) is 10.9 Å². The van der Waals surface area contributed by atoms with Crippen LogP contribution in [0, 0.1) is 17.6 Å². The van der Waals surface area contributed by atoms with Gasteiger partial charge in [-0.05, 0) is 12.3 Å². The molecule has 20 heavy (non-hydrogen) atoms. The summed E-state index contributed by atoms with van der Waals surface area (Å²) >= 11 is 1.15. The van der Waals surface area contributed by atoms with Gasteiger partial charge in [0.1, 0.15) is 11.6 Å². The molecule has 1 N–H and O–H groups in total. The Morgan fingerprint density at radius 1 is 1.30 bits per heavy atom. The van der Waals surface area contributed by atoms with Gasteiger partial charge in [0.25, 0.3) is 0 Å². The summed E-state index contributed by atoms with van der Waals surface area (Å²) in [5.74, 6) is -2.42. The molecule has 1 heterocycles. The molecule has 3 nitrogen and oxygen atoms in total. The van der Waals surface area contributed by atoms with E-state index in [1.54, 1.807) is 20.1 Å². The Morgan fingerprint density at radius 2 is 1.95 bits per heavy atom. The fraction of sp³-hybridized carbons (Fsp3) is 0.286.